The van der Waals surface area contributed by atoms with Crippen molar-refractivity contribution in [2.24, 2.45) is 0 Å². The molecule has 2 heterocycles. The van der Waals surface area contributed by atoms with E-state index in [0.29, 0.717) is 17.1 Å². The molecule has 2 aromatic heterocycles. The summed E-state index contributed by atoms with van der Waals surface area (Å²) in [6.07, 6.45) is 1.48. The van der Waals surface area contributed by atoms with E-state index in [4.69, 9.17) is 15.0 Å². The molecule has 0 aliphatic heterocycles. The van der Waals surface area contributed by atoms with Gasteiger partial charge in [-0.2, -0.15) is 4.39 Å². The molecule has 0 atom stereocenters. The normalized spacial score (nSPS) is 10.8. The number of aromatic nitrogens is 3. The van der Waals surface area contributed by atoms with Crippen molar-refractivity contribution in [1.82, 2.24) is 14.9 Å². The van der Waals surface area contributed by atoms with Crippen LogP contribution in [0.2, 0.25) is 0 Å². The number of benzene rings is 1. The summed E-state index contributed by atoms with van der Waals surface area (Å²) < 4.78 is 25.3. The van der Waals surface area contributed by atoms with Crippen LogP contribution in [0.5, 0.6) is 5.75 Å². The molecule has 0 spiro atoms. The maximum absolute atomic E-state index is 14.0. The summed E-state index contributed by atoms with van der Waals surface area (Å²) in [6, 6.07) is 3.95. The monoisotopic (exact) mass is 365 g/mol. The number of nitrogen functional groups attached to an aromatic ring is 1. The first-order chi connectivity index (χ1) is 11.9. The Morgan fingerprint density at radius 2 is 2.20 bits per heavy atom. The third-order valence-electron chi connectivity index (χ3n) is 3.39. The van der Waals surface area contributed by atoms with Crippen LogP contribution < -0.4 is 10.6 Å². The van der Waals surface area contributed by atoms with E-state index in [1.165, 1.54) is 19.4 Å². The summed E-state index contributed by atoms with van der Waals surface area (Å²) >= 11 is 0.809. The van der Waals surface area contributed by atoms with Crippen LogP contribution in [0.3, 0.4) is 0 Å². The number of aryl methyl sites for hydroxylation is 1. The number of halogens is 1. The van der Waals surface area contributed by atoms with Crippen LogP contribution in [0.15, 0.2) is 38.9 Å². The van der Waals surface area contributed by atoms with Gasteiger partial charge in [-0.3, -0.25) is 10.1 Å². The van der Waals surface area contributed by atoms with Crippen molar-refractivity contribution in [2.75, 3.05) is 13.0 Å². The molecule has 0 unspecified atom stereocenters. The molecule has 0 aliphatic carbocycles. The largest absolute Gasteiger partial charge is 0.497 e. The molecule has 2 N–H and O–H groups in total. The van der Waals surface area contributed by atoms with E-state index < -0.39 is 16.4 Å². The number of nitrogens with two attached hydrogens (primary N) is 1. The zero-order valence-corrected chi connectivity index (χ0v) is 13.9. The highest BCUT2D eigenvalue weighted by Gasteiger charge is 2.25. The first-order valence-electron chi connectivity index (χ1n) is 6.87. The van der Waals surface area contributed by atoms with Gasteiger partial charge in [0.15, 0.2) is 5.82 Å². The smallest absolute Gasteiger partial charge is 0.318 e. The van der Waals surface area contributed by atoms with E-state index in [2.05, 4.69) is 10.2 Å². The van der Waals surface area contributed by atoms with Crippen molar-refractivity contribution in [3.63, 3.8) is 0 Å². The summed E-state index contributed by atoms with van der Waals surface area (Å²) in [4.78, 5) is 10.4. The quantitative estimate of drug-likeness (QED) is 0.416. The Balaban J connectivity index is 2.04. The van der Waals surface area contributed by atoms with Crippen molar-refractivity contribution >= 4 is 17.4 Å². The molecule has 0 fully saturated rings. The number of nitro groups is 1. The zero-order valence-electron chi connectivity index (χ0n) is 13.1. The third kappa shape index (κ3) is 3.01. The standard InChI is InChI=1S/C14H12FN5O4S/c1-7-9(3-4-24-7)13-17-18-14(19(13)16)25-11-6-8(23-2)5-10(15)12(11)20(21)22/h3-6H,16H2,1-2H3. The molecule has 9 nitrogen and oxygen atoms in total. The van der Waals surface area contributed by atoms with Gasteiger partial charge in [-0.1, -0.05) is 0 Å². The fourth-order valence-electron chi connectivity index (χ4n) is 2.17. The molecule has 0 amide bonds. The molecule has 1 aromatic carbocycles. The zero-order chi connectivity index (χ0) is 18.1. The van der Waals surface area contributed by atoms with E-state index in [9.17, 15) is 14.5 Å². The van der Waals surface area contributed by atoms with E-state index in [1.807, 2.05) is 0 Å². The van der Waals surface area contributed by atoms with Crippen molar-refractivity contribution in [3.05, 3.63) is 46.2 Å². The van der Waals surface area contributed by atoms with Gasteiger partial charge in [0.2, 0.25) is 11.0 Å². The molecule has 0 bridgehead atoms. The average molecular weight is 365 g/mol. The van der Waals surface area contributed by atoms with Crippen LogP contribution >= 0.6 is 11.8 Å². The first-order valence-corrected chi connectivity index (χ1v) is 7.68. The second-order valence-electron chi connectivity index (χ2n) is 4.88. The number of ether oxygens (including phenoxy) is 1. The Morgan fingerprint density at radius 3 is 2.80 bits per heavy atom. The van der Waals surface area contributed by atoms with Gasteiger partial charge in [-0.15, -0.1) is 10.2 Å². The maximum Gasteiger partial charge on any atom is 0.318 e. The third-order valence-corrected chi connectivity index (χ3v) is 4.38. The highest BCUT2D eigenvalue weighted by molar-refractivity contribution is 7.99. The lowest BCUT2D eigenvalue weighted by Crippen LogP contribution is -2.11. The Bertz CT molecular complexity index is 955. The highest BCUT2D eigenvalue weighted by Crippen LogP contribution is 2.39. The van der Waals surface area contributed by atoms with Gasteiger partial charge in [-0.25, -0.2) is 4.68 Å². The topological polar surface area (TPSA) is 122 Å². The predicted octanol–water partition coefficient (Wildman–Crippen LogP) is 2.77. The van der Waals surface area contributed by atoms with Crippen LogP contribution in [-0.2, 0) is 0 Å². The lowest BCUT2D eigenvalue weighted by atomic mass is 10.2. The van der Waals surface area contributed by atoms with Crippen molar-refractivity contribution in [1.29, 1.82) is 0 Å². The summed E-state index contributed by atoms with van der Waals surface area (Å²) in [5.74, 6) is 6.02. The molecule has 11 heteroatoms. The first kappa shape index (κ1) is 16.8. The second-order valence-corrected chi connectivity index (χ2v) is 5.89. The fraction of sp³-hybridized carbons (Fsp3) is 0.143. The summed E-state index contributed by atoms with van der Waals surface area (Å²) in [6.45, 7) is 1.74. The maximum atomic E-state index is 14.0. The number of rotatable bonds is 5. The molecule has 0 saturated carbocycles. The molecular weight excluding hydrogens is 353 g/mol. The van der Waals surface area contributed by atoms with Crippen LogP contribution in [0.25, 0.3) is 11.4 Å². The number of methoxy groups -OCH3 is 1. The molecule has 0 saturated heterocycles. The molecule has 130 valence electrons. The molecular formula is C14H12FN5O4S. The van der Waals surface area contributed by atoms with Crippen molar-refractivity contribution in [2.45, 2.75) is 17.0 Å². The SMILES string of the molecule is COc1cc(F)c([N+](=O)[O-])c(Sc2nnc(-c3ccoc3C)n2N)c1. The van der Waals surface area contributed by atoms with E-state index in [0.717, 1.165) is 22.5 Å². The molecule has 3 rings (SSSR count). The minimum Gasteiger partial charge on any atom is -0.497 e. The van der Waals surface area contributed by atoms with Gasteiger partial charge < -0.3 is 15.0 Å². The predicted molar refractivity (Wildman–Crippen MR) is 86.3 cm³/mol. The van der Waals surface area contributed by atoms with Gasteiger partial charge in [0, 0.05) is 12.1 Å². The van der Waals surface area contributed by atoms with Crippen LogP contribution in [0, 0.1) is 22.9 Å². The van der Waals surface area contributed by atoms with Crippen molar-refractivity contribution in [3.8, 4) is 17.1 Å². The number of nitrogens with zero attached hydrogens (tertiary/aromatic N) is 4. The van der Waals surface area contributed by atoms with E-state index >= 15 is 0 Å². The number of hydrogen-bond acceptors (Lipinski definition) is 8. The highest BCUT2D eigenvalue weighted by atomic mass is 32.2. The van der Waals surface area contributed by atoms with Crippen LogP contribution in [-0.4, -0.2) is 26.9 Å². The Morgan fingerprint density at radius 1 is 1.44 bits per heavy atom. The second kappa shape index (κ2) is 6.43. The Hall–Kier alpha value is -3.08. The minimum atomic E-state index is -1.01. The number of hydrogen-bond donors (Lipinski definition) is 1. The number of nitro benzene ring substituents is 1. The van der Waals surface area contributed by atoms with Crippen molar-refractivity contribution < 1.29 is 18.5 Å². The molecule has 25 heavy (non-hydrogen) atoms. The Kier molecular flexibility index (Phi) is 4.31. The Labute approximate surface area is 144 Å². The van der Waals surface area contributed by atoms with Gasteiger partial charge in [0.05, 0.1) is 28.8 Å². The van der Waals surface area contributed by atoms with E-state index in [1.54, 1.807) is 13.0 Å². The minimum absolute atomic E-state index is 0.00332. The van der Waals surface area contributed by atoms with E-state index in [-0.39, 0.29) is 15.8 Å². The van der Waals surface area contributed by atoms with Gasteiger partial charge in [0.25, 0.3) is 0 Å². The lowest BCUT2D eigenvalue weighted by molar-refractivity contribution is -0.390. The number of furan rings is 1. The summed E-state index contributed by atoms with van der Waals surface area (Å²) in [5, 5.41) is 19.2. The lowest BCUT2D eigenvalue weighted by Gasteiger charge is -2.07. The van der Waals surface area contributed by atoms with Gasteiger partial charge in [0.1, 0.15) is 11.5 Å². The molecule has 0 aliphatic rings. The average Bonchev–Trinajstić information content (AvgIpc) is 3.13. The van der Waals surface area contributed by atoms with Gasteiger partial charge in [-0.05, 0) is 24.8 Å². The summed E-state index contributed by atoms with van der Waals surface area (Å²) in [5.41, 5.74) is -0.0528. The van der Waals surface area contributed by atoms with Crippen LogP contribution in [0.4, 0.5) is 10.1 Å². The van der Waals surface area contributed by atoms with Gasteiger partial charge >= 0.3 is 5.69 Å². The fourth-order valence-corrected chi connectivity index (χ4v) is 3.08. The van der Waals surface area contributed by atoms with Crippen LogP contribution in [0.1, 0.15) is 5.76 Å². The molecule has 0 radical (unpaired) electrons. The summed E-state index contributed by atoms with van der Waals surface area (Å²) in [7, 11) is 1.33. The molecule has 3 aromatic rings.